The maximum absolute atomic E-state index is 10.4. The number of nitrogens with zero attached hydrogens (tertiary/aromatic N) is 1. The van der Waals surface area contributed by atoms with E-state index in [9.17, 15) is 10.1 Å². The molecule has 1 rings (SSSR count). The lowest BCUT2D eigenvalue weighted by Gasteiger charge is -2.14. The third kappa shape index (κ3) is 3.32. The maximum atomic E-state index is 10.4. The van der Waals surface area contributed by atoms with Crippen molar-refractivity contribution in [1.82, 2.24) is 0 Å². The highest BCUT2D eigenvalue weighted by Gasteiger charge is 2.09. The summed E-state index contributed by atoms with van der Waals surface area (Å²) in [5.74, 6) is 0.381. The Morgan fingerprint density at radius 1 is 1.33 bits per heavy atom. The van der Waals surface area contributed by atoms with Gasteiger partial charge in [0.25, 0.3) is 5.69 Å². The summed E-state index contributed by atoms with van der Waals surface area (Å²) in [6.45, 7) is 4.04. The Bertz CT molecular complexity index is 333. The zero-order valence-electron chi connectivity index (χ0n) is 9.01. The third-order valence-electron chi connectivity index (χ3n) is 2.60. The van der Waals surface area contributed by atoms with Crippen molar-refractivity contribution in [3.8, 4) is 0 Å². The summed E-state index contributed by atoms with van der Waals surface area (Å²) in [5.41, 5.74) is 6.97. The fourth-order valence-corrected chi connectivity index (χ4v) is 1.31. The zero-order valence-corrected chi connectivity index (χ0v) is 9.01. The first-order chi connectivity index (χ1) is 7.00. The number of nitro groups is 1. The van der Waals surface area contributed by atoms with Crippen molar-refractivity contribution in [2.45, 2.75) is 26.3 Å². The molecule has 0 bridgehead atoms. The summed E-state index contributed by atoms with van der Waals surface area (Å²) in [7, 11) is 0. The molecule has 0 saturated carbocycles. The fraction of sp³-hybridized carbons (Fsp3) is 0.455. The molecule has 0 heterocycles. The average Bonchev–Trinajstić information content (AvgIpc) is 2.18. The summed E-state index contributed by atoms with van der Waals surface area (Å²) in [6.07, 6.45) is 0.857. The molecule has 0 fully saturated rings. The highest BCUT2D eigenvalue weighted by molar-refractivity contribution is 5.33. The Labute approximate surface area is 89.2 Å². The summed E-state index contributed by atoms with van der Waals surface area (Å²) >= 11 is 0. The molecule has 0 aliphatic rings. The van der Waals surface area contributed by atoms with Gasteiger partial charge >= 0.3 is 0 Å². The molecule has 0 amide bonds. The first-order valence-electron chi connectivity index (χ1n) is 4.99. The molecule has 4 heteroatoms. The van der Waals surface area contributed by atoms with Crippen LogP contribution in [0.1, 0.15) is 19.4 Å². The summed E-state index contributed by atoms with van der Waals surface area (Å²) < 4.78 is 0. The van der Waals surface area contributed by atoms with Crippen LogP contribution in [-0.4, -0.2) is 11.0 Å². The second kappa shape index (κ2) is 4.89. The number of nitro benzene ring substituents is 1. The summed E-state index contributed by atoms with van der Waals surface area (Å²) in [4.78, 5) is 10.0. The zero-order chi connectivity index (χ0) is 11.4. The summed E-state index contributed by atoms with van der Waals surface area (Å²) in [6, 6.07) is 6.78. The van der Waals surface area contributed by atoms with E-state index in [2.05, 4.69) is 6.92 Å². The van der Waals surface area contributed by atoms with Gasteiger partial charge in [0.05, 0.1) is 4.92 Å². The first-order valence-corrected chi connectivity index (χ1v) is 4.99. The molecule has 0 aliphatic heterocycles. The maximum Gasteiger partial charge on any atom is 0.269 e. The minimum atomic E-state index is -0.390. The molecular formula is C11H16N2O2. The number of rotatable bonds is 4. The molecule has 0 saturated heterocycles. The monoisotopic (exact) mass is 208 g/mol. The molecule has 2 unspecified atom stereocenters. The largest absolute Gasteiger partial charge is 0.328 e. The number of hydrogen-bond acceptors (Lipinski definition) is 3. The van der Waals surface area contributed by atoms with Crippen LogP contribution in [0.15, 0.2) is 24.3 Å². The molecule has 82 valence electrons. The van der Waals surface area contributed by atoms with E-state index in [1.54, 1.807) is 12.1 Å². The lowest BCUT2D eigenvalue weighted by atomic mass is 9.95. The highest BCUT2D eigenvalue weighted by atomic mass is 16.6. The molecule has 0 aromatic heterocycles. The number of hydrogen-bond donors (Lipinski definition) is 1. The van der Waals surface area contributed by atoms with Gasteiger partial charge in [-0.1, -0.05) is 19.1 Å². The second-order valence-electron chi connectivity index (χ2n) is 3.96. The van der Waals surface area contributed by atoms with Crippen LogP contribution in [0, 0.1) is 16.0 Å². The van der Waals surface area contributed by atoms with Gasteiger partial charge < -0.3 is 5.73 Å². The van der Waals surface area contributed by atoms with E-state index in [4.69, 9.17) is 5.73 Å². The van der Waals surface area contributed by atoms with E-state index in [1.165, 1.54) is 12.1 Å². The van der Waals surface area contributed by atoms with E-state index < -0.39 is 4.92 Å². The van der Waals surface area contributed by atoms with Crippen molar-refractivity contribution in [3.05, 3.63) is 39.9 Å². The van der Waals surface area contributed by atoms with Gasteiger partial charge in [-0.3, -0.25) is 10.1 Å². The molecule has 4 nitrogen and oxygen atoms in total. The Kier molecular flexibility index (Phi) is 3.80. The Morgan fingerprint density at radius 3 is 2.27 bits per heavy atom. The minimum Gasteiger partial charge on any atom is -0.328 e. The van der Waals surface area contributed by atoms with Crippen LogP contribution >= 0.6 is 0 Å². The van der Waals surface area contributed by atoms with E-state index in [0.29, 0.717) is 5.92 Å². The van der Waals surface area contributed by atoms with Crippen LogP contribution in [0.4, 0.5) is 5.69 Å². The SMILES string of the molecule is CC(N)C(C)Cc1ccc([N+](=O)[O-])cc1. The molecule has 0 radical (unpaired) electrons. The standard InChI is InChI=1S/C11H16N2O2/c1-8(9(2)12)7-10-3-5-11(6-4-10)13(14)15/h3-6,8-9H,7,12H2,1-2H3. The average molecular weight is 208 g/mol. The number of nitrogens with two attached hydrogens (primary N) is 1. The normalized spacial score (nSPS) is 14.6. The lowest BCUT2D eigenvalue weighted by Crippen LogP contribution is -2.25. The van der Waals surface area contributed by atoms with Gasteiger partial charge in [-0.05, 0) is 24.8 Å². The van der Waals surface area contributed by atoms with Crippen LogP contribution < -0.4 is 5.73 Å². The van der Waals surface area contributed by atoms with E-state index in [-0.39, 0.29) is 11.7 Å². The molecule has 1 aromatic rings. The Balaban J connectivity index is 2.68. The molecule has 0 aliphatic carbocycles. The number of non-ortho nitro benzene ring substituents is 1. The number of benzene rings is 1. The van der Waals surface area contributed by atoms with E-state index in [1.807, 2.05) is 6.92 Å². The topological polar surface area (TPSA) is 69.2 Å². The molecule has 1 aromatic carbocycles. The summed E-state index contributed by atoms with van der Waals surface area (Å²) in [5, 5.41) is 10.4. The van der Waals surface area contributed by atoms with Crippen molar-refractivity contribution in [2.24, 2.45) is 11.7 Å². The van der Waals surface area contributed by atoms with Gasteiger partial charge in [0.15, 0.2) is 0 Å². The van der Waals surface area contributed by atoms with E-state index >= 15 is 0 Å². The van der Waals surface area contributed by atoms with Gasteiger partial charge in [0.1, 0.15) is 0 Å². The van der Waals surface area contributed by atoms with Crippen LogP contribution in [-0.2, 0) is 6.42 Å². The van der Waals surface area contributed by atoms with Crippen LogP contribution in [0.25, 0.3) is 0 Å². The van der Waals surface area contributed by atoms with Crippen molar-refractivity contribution < 1.29 is 4.92 Å². The third-order valence-corrected chi connectivity index (χ3v) is 2.60. The van der Waals surface area contributed by atoms with Crippen molar-refractivity contribution in [3.63, 3.8) is 0 Å². The van der Waals surface area contributed by atoms with Gasteiger partial charge in [-0.2, -0.15) is 0 Å². The first kappa shape index (κ1) is 11.7. The minimum absolute atomic E-state index is 0.132. The van der Waals surface area contributed by atoms with Gasteiger partial charge in [0.2, 0.25) is 0 Å². The molecule has 0 spiro atoms. The smallest absolute Gasteiger partial charge is 0.269 e. The van der Waals surface area contributed by atoms with Gasteiger partial charge in [0, 0.05) is 18.2 Å². The molecule has 15 heavy (non-hydrogen) atoms. The van der Waals surface area contributed by atoms with Crippen molar-refractivity contribution in [2.75, 3.05) is 0 Å². The second-order valence-corrected chi connectivity index (χ2v) is 3.96. The quantitative estimate of drug-likeness (QED) is 0.608. The van der Waals surface area contributed by atoms with Crippen LogP contribution in [0.3, 0.4) is 0 Å². The predicted molar refractivity (Wildman–Crippen MR) is 59.6 cm³/mol. The molecule has 2 N–H and O–H groups in total. The Hall–Kier alpha value is -1.42. The lowest BCUT2D eigenvalue weighted by molar-refractivity contribution is -0.384. The van der Waals surface area contributed by atoms with Crippen molar-refractivity contribution in [1.29, 1.82) is 0 Å². The van der Waals surface area contributed by atoms with E-state index in [0.717, 1.165) is 12.0 Å². The highest BCUT2D eigenvalue weighted by Crippen LogP contribution is 2.15. The predicted octanol–water partition coefficient (Wildman–Crippen LogP) is 2.12. The van der Waals surface area contributed by atoms with Gasteiger partial charge in [-0.25, -0.2) is 0 Å². The van der Waals surface area contributed by atoms with Crippen LogP contribution in [0.2, 0.25) is 0 Å². The molecular weight excluding hydrogens is 192 g/mol. The molecule has 2 atom stereocenters. The fourth-order valence-electron chi connectivity index (χ4n) is 1.31. The van der Waals surface area contributed by atoms with Crippen molar-refractivity contribution >= 4 is 5.69 Å². The van der Waals surface area contributed by atoms with Crippen LogP contribution in [0.5, 0.6) is 0 Å². The van der Waals surface area contributed by atoms with Gasteiger partial charge in [-0.15, -0.1) is 0 Å². The Morgan fingerprint density at radius 2 is 1.87 bits per heavy atom.